The molecule has 2 aromatic rings. The predicted octanol–water partition coefficient (Wildman–Crippen LogP) is 2.60. The van der Waals surface area contributed by atoms with E-state index in [-0.39, 0.29) is 5.91 Å². The number of piperazine rings is 1. The Balaban J connectivity index is 1.46. The average molecular weight is 415 g/mol. The molecule has 1 aromatic carbocycles. The first kappa shape index (κ1) is 21.4. The Morgan fingerprint density at radius 1 is 1.17 bits per heavy atom. The molecule has 1 amide bonds. The highest BCUT2D eigenvalue weighted by atomic mass is 32.1. The van der Waals surface area contributed by atoms with Crippen LogP contribution in [0.4, 0.5) is 0 Å². The van der Waals surface area contributed by atoms with E-state index in [1.165, 1.54) is 0 Å². The maximum absolute atomic E-state index is 12.0. The summed E-state index contributed by atoms with van der Waals surface area (Å²) in [6.45, 7) is 7.62. The highest BCUT2D eigenvalue weighted by molar-refractivity contribution is 7.71. The smallest absolute Gasteiger partial charge is 0.234 e. The zero-order chi connectivity index (χ0) is 20.5. The predicted molar refractivity (Wildman–Crippen MR) is 119 cm³/mol. The summed E-state index contributed by atoms with van der Waals surface area (Å²) in [6, 6.07) is 10.1. The van der Waals surface area contributed by atoms with Gasteiger partial charge in [-0.05, 0) is 30.3 Å². The second-order valence-corrected chi connectivity index (χ2v) is 7.67. The van der Waals surface area contributed by atoms with Gasteiger partial charge in [0, 0.05) is 32.7 Å². The number of benzene rings is 1. The maximum Gasteiger partial charge on any atom is 0.234 e. The summed E-state index contributed by atoms with van der Waals surface area (Å²) in [4.78, 5) is 20.9. The third-order valence-corrected chi connectivity index (χ3v) is 5.27. The molecule has 1 fully saturated rings. The van der Waals surface area contributed by atoms with Crippen molar-refractivity contribution in [2.75, 3.05) is 39.3 Å². The summed E-state index contributed by atoms with van der Waals surface area (Å²) >= 11 is 5.40. The van der Waals surface area contributed by atoms with Crippen LogP contribution in [0.15, 0.2) is 30.3 Å². The Kier molecular flexibility index (Phi) is 8.15. The molecule has 3 rings (SSSR count). The molecule has 0 atom stereocenters. The van der Waals surface area contributed by atoms with Crippen molar-refractivity contribution in [3.8, 4) is 0 Å². The summed E-state index contributed by atoms with van der Waals surface area (Å²) in [5.74, 6) is 0.874. The molecule has 0 spiro atoms. The molecular formula is C21H30N6OS. The van der Waals surface area contributed by atoms with Gasteiger partial charge < -0.3 is 5.32 Å². The molecule has 1 aliphatic rings. The maximum atomic E-state index is 12.0. The van der Waals surface area contributed by atoms with E-state index in [0.29, 0.717) is 18.0 Å². The summed E-state index contributed by atoms with van der Waals surface area (Å²) in [7, 11) is 0. The van der Waals surface area contributed by atoms with Crippen LogP contribution in [0.1, 0.15) is 31.2 Å². The molecule has 1 aliphatic heterocycles. The van der Waals surface area contributed by atoms with Gasteiger partial charge in [-0.3, -0.25) is 19.7 Å². The lowest BCUT2D eigenvalue weighted by Crippen LogP contribution is -2.49. The number of nitrogens with one attached hydrogen (secondary N) is 2. The zero-order valence-corrected chi connectivity index (χ0v) is 17.8. The Bertz CT molecular complexity index is 852. The zero-order valence-electron chi connectivity index (χ0n) is 17.0. The van der Waals surface area contributed by atoms with Crippen LogP contribution in [0.3, 0.4) is 0 Å². The van der Waals surface area contributed by atoms with Crippen LogP contribution in [0, 0.1) is 4.77 Å². The van der Waals surface area contributed by atoms with E-state index in [4.69, 9.17) is 12.2 Å². The number of hydrogen-bond acceptors (Lipinski definition) is 5. The molecule has 1 aromatic heterocycles. The van der Waals surface area contributed by atoms with Crippen LogP contribution in [-0.4, -0.2) is 69.7 Å². The van der Waals surface area contributed by atoms with Crippen LogP contribution in [0.25, 0.3) is 12.2 Å². The number of rotatable bonds is 9. The number of carbonyl (C=O) groups is 1. The molecule has 0 bridgehead atoms. The van der Waals surface area contributed by atoms with Gasteiger partial charge in [-0.2, -0.15) is 4.98 Å². The third-order valence-electron chi connectivity index (χ3n) is 4.96. The SMILES string of the molecule is CCCCNC(=O)CN1CCN(Cn2[nH]c(C=Cc3ccccc3)nc2=S)CC1. The van der Waals surface area contributed by atoms with E-state index in [2.05, 4.69) is 32.1 Å². The minimum atomic E-state index is 0.123. The third kappa shape index (κ3) is 6.92. The van der Waals surface area contributed by atoms with E-state index >= 15 is 0 Å². The fourth-order valence-corrected chi connectivity index (χ4v) is 3.44. The Morgan fingerprint density at radius 2 is 1.90 bits per heavy atom. The van der Waals surface area contributed by atoms with Gasteiger partial charge in [-0.15, -0.1) is 0 Å². The van der Waals surface area contributed by atoms with E-state index in [1.54, 1.807) is 0 Å². The molecule has 1 saturated heterocycles. The standard InChI is InChI=1S/C21H30N6OS/c1-2-3-11-22-20(28)16-25-12-14-26(15-13-25)17-27-21(29)23-19(24-27)10-9-18-7-5-4-6-8-18/h4-10H,2-3,11-17H2,1H3,(H,22,28)(H,23,24,29). The van der Waals surface area contributed by atoms with E-state index < -0.39 is 0 Å². The molecule has 2 N–H and O–H groups in total. The van der Waals surface area contributed by atoms with Crippen LogP contribution in [0.5, 0.6) is 0 Å². The number of carbonyl (C=O) groups excluding carboxylic acids is 1. The van der Waals surface area contributed by atoms with Gasteiger partial charge in [-0.25, -0.2) is 4.68 Å². The van der Waals surface area contributed by atoms with Crippen molar-refractivity contribution in [3.63, 3.8) is 0 Å². The summed E-state index contributed by atoms with van der Waals surface area (Å²) in [5, 5.41) is 6.25. The number of aromatic nitrogens is 3. The molecule has 2 heterocycles. The summed E-state index contributed by atoms with van der Waals surface area (Å²) < 4.78 is 2.45. The molecule has 0 unspecified atom stereocenters. The second kappa shape index (κ2) is 11.0. The molecule has 8 heteroatoms. The highest BCUT2D eigenvalue weighted by Crippen LogP contribution is 2.07. The minimum absolute atomic E-state index is 0.123. The molecule has 156 valence electrons. The lowest BCUT2D eigenvalue weighted by atomic mass is 10.2. The largest absolute Gasteiger partial charge is 0.355 e. The van der Waals surface area contributed by atoms with Crippen LogP contribution in [-0.2, 0) is 11.5 Å². The lowest BCUT2D eigenvalue weighted by Gasteiger charge is -2.34. The van der Waals surface area contributed by atoms with Gasteiger partial charge in [0.2, 0.25) is 10.7 Å². The van der Waals surface area contributed by atoms with Gasteiger partial charge in [-0.1, -0.05) is 49.8 Å². The quantitative estimate of drug-likeness (QED) is 0.488. The van der Waals surface area contributed by atoms with Crippen LogP contribution < -0.4 is 5.32 Å². The van der Waals surface area contributed by atoms with Crippen LogP contribution >= 0.6 is 12.2 Å². The fraction of sp³-hybridized carbons (Fsp3) is 0.476. The molecule has 0 saturated carbocycles. The van der Waals surface area contributed by atoms with Gasteiger partial charge in [0.05, 0.1) is 13.2 Å². The Hall–Kier alpha value is -2.29. The Morgan fingerprint density at radius 3 is 2.62 bits per heavy atom. The topological polar surface area (TPSA) is 69.2 Å². The van der Waals surface area contributed by atoms with Gasteiger partial charge in [0.25, 0.3) is 0 Å². The van der Waals surface area contributed by atoms with Crippen molar-refractivity contribution in [3.05, 3.63) is 46.5 Å². The van der Waals surface area contributed by atoms with Crippen molar-refractivity contribution < 1.29 is 4.79 Å². The number of nitrogens with zero attached hydrogens (tertiary/aromatic N) is 4. The normalized spacial score (nSPS) is 15.8. The van der Waals surface area contributed by atoms with E-state index in [1.807, 2.05) is 47.2 Å². The minimum Gasteiger partial charge on any atom is -0.355 e. The van der Waals surface area contributed by atoms with Gasteiger partial charge in [0.15, 0.2) is 0 Å². The van der Waals surface area contributed by atoms with E-state index in [0.717, 1.165) is 57.0 Å². The number of aromatic amines is 1. The van der Waals surface area contributed by atoms with Crippen molar-refractivity contribution >= 4 is 30.3 Å². The monoisotopic (exact) mass is 414 g/mol. The lowest BCUT2D eigenvalue weighted by molar-refractivity contribution is -0.122. The molecule has 0 radical (unpaired) electrons. The average Bonchev–Trinajstić information content (AvgIpc) is 3.08. The van der Waals surface area contributed by atoms with Crippen molar-refractivity contribution in [2.24, 2.45) is 0 Å². The molecular weight excluding hydrogens is 384 g/mol. The van der Waals surface area contributed by atoms with Gasteiger partial charge in [0.1, 0.15) is 5.82 Å². The van der Waals surface area contributed by atoms with Crippen molar-refractivity contribution in [1.82, 2.24) is 29.9 Å². The first-order chi connectivity index (χ1) is 14.1. The van der Waals surface area contributed by atoms with E-state index in [9.17, 15) is 4.79 Å². The Labute approximate surface area is 177 Å². The molecule has 0 aliphatic carbocycles. The fourth-order valence-electron chi connectivity index (χ4n) is 3.24. The summed E-state index contributed by atoms with van der Waals surface area (Å²) in [6.07, 6.45) is 6.09. The molecule has 7 nitrogen and oxygen atoms in total. The second-order valence-electron chi connectivity index (χ2n) is 7.30. The number of H-pyrrole nitrogens is 1. The number of amides is 1. The first-order valence-electron chi connectivity index (χ1n) is 10.3. The summed E-state index contributed by atoms with van der Waals surface area (Å²) in [5.41, 5.74) is 1.12. The number of hydrogen-bond donors (Lipinski definition) is 2. The van der Waals surface area contributed by atoms with Crippen molar-refractivity contribution in [2.45, 2.75) is 26.4 Å². The first-order valence-corrected chi connectivity index (χ1v) is 10.7. The van der Waals surface area contributed by atoms with Gasteiger partial charge >= 0.3 is 0 Å². The highest BCUT2D eigenvalue weighted by Gasteiger charge is 2.19. The molecule has 29 heavy (non-hydrogen) atoms. The van der Waals surface area contributed by atoms with Crippen LogP contribution in [0.2, 0.25) is 0 Å². The van der Waals surface area contributed by atoms with Crippen molar-refractivity contribution in [1.29, 1.82) is 0 Å². The number of unbranched alkanes of at least 4 members (excludes halogenated alkanes) is 1.